The summed E-state index contributed by atoms with van der Waals surface area (Å²) in [7, 11) is -0.923. The highest BCUT2D eigenvalue weighted by molar-refractivity contribution is 7.92. The molecule has 4 rings (SSSR count). The van der Waals surface area contributed by atoms with Crippen molar-refractivity contribution >= 4 is 60.0 Å². The zero-order valence-corrected chi connectivity index (χ0v) is 19.2. The molecule has 0 saturated carbocycles. The van der Waals surface area contributed by atoms with Gasteiger partial charge in [-0.05, 0) is 37.3 Å². The molecule has 0 fully saturated rings. The number of nitrogens with one attached hydrogen (secondary N) is 1. The molecule has 1 N–H and O–H groups in total. The van der Waals surface area contributed by atoms with Crippen molar-refractivity contribution in [3.8, 4) is 0 Å². The van der Waals surface area contributed by atoms with Gasteiger partial charge in [-0.1, -0.05) is 40.6 Å². The molecule has 160 valence electrons. The maximum atomic E-state index is 13.1. The zero-order valence-electron chi connectivity index (χ0n) is 16.8. The second-order valence-electron chi connectivity index (χ2n) is 6.88. The van der Waals surface area contributed by atoms with Crippen molar-refractivity contribution in [2.24, 2.45) is 7.05 Å². The predicted molar refractivity (Wildman–Crippen MR) is 123 cm³/mol. The SMILES string of the molecule is Cc1ccc(S(=O)(=O)N(C)c2c(C(=O)Nc3nc4ccc(Cl)cc4s3)cnn2C)cc1. The van der Waals surface area contributed by atoms with E-state index in [0.29, 0.717) is 15.7 Å². The van der Waals surface area contributed by atoms with Crippen molar-refractivity contribution in [3.05, 3.63) is 64.8 Å². The van der Waals surface area contributed by atoms with Crippen LogP contribution in [-0.4, -0.2) is 36.1 Å². The molecule has 0 spiro atoms. The van der Waals surface area contributed by atoms with E-state index in [1.807, 2.05) is 6.92 Å². The molecule has 2 aromatic carbocycles. The first-order chi connectivity index (χ1) is 14.7. The molecule has 0 aliphatic carbocycles. The van der Waals surface area contributed by atoms with Crippen LogP contribution in [0.1, 0.15) is 15.9 Å². The van der Waals surface area contributed by atoms with Gasteiger partial charge in [0.25, 0.3) is 15.9 Å². The van der Waals surface area contributed by atoms with Gasteiger partial charge in [-0.25, -0.2) is 13.4 Å². The summed E-state index contributed by atoms with van der Waals surface area (Å²) in [6.07, 6.45) is 1.33. The Hall–Kier alpha value is -2.95. The molecule has 0 unspecified atom stereocenters. The maximum absolute atomic E-state index is 13.1. The minimum Gasteiger partial charge on any atom is -0.298 e. The maximum Gasteiger partial charge on any atom is 0.265 e. The van der Waals surface area contributed by atoms with E-state index < -0.39 is 15.9 Å². The van der Waals surface area contributed by atoms with Gasteiger partial charge in [-0.15, -0.1) is 0 Å². The Morgan fingerprint density at radius 3 is 2.61 bits per heavy atom. The van der Waals surface area contributed by atoms with E-state index >= 15 is 0 Å². The van der Waals surface area contributed by atoms with Gasteiger partial charge in [0.05, 0.1) is 21.3 Å². The van der Waals surface area contributed by atoms with Crippen LogP contribution in [-0.2, 0) is 17.1 Å². The largest absolute Gasteiger partial charge is 0.298 e. The summed E-state index contributed by atoms with van der Waals surface area (Å²) in [5.74, 6) is -0.374. The van der Waals surface area contributed by atoms with Crippen LogP contribution < -0.4 is 9.62 Å². The standard InChI is InChI=1S/C20H18ClN5O3S2/c1-12-4-7-14(8-5-12)31(28,29)26(3)19-15(11-22-25(19)2)18(27)24-20-23-16-9-6-13(21)10-17(16)30-20/h4-11H,1-3H3,(H,23,24,27). The molecule has 0 aliphatic heterocycles. The third kappa shape index (κ3) is 4.01. The van der Waals surface area contributed by atoms with Crippen molar-refractivity contribution < 1.29 is 13.2 Å². The number of rotatable bonds is 5. The van der Waals surface area contributed by atoms with Gasteiger partial charge in [0, 0.05) is 19.1 Å². The van der Waals surface area contributed by atoms with E-state index in [1.54, 1.807) is 37.4 Å². The monoisotopic (exact) mass is 475 g/mol. The summed E-state index contributed by atoms with van der Waals surface area (Å²) in [6, 6.07) is 11.8. The number of amides is 1. The Balaban J connectivity index is 1.66. The molecular weight excluding hydrogens is 458 g/mol. The van der Waals surface area contributed by atoms with Gasteiger partial charge in [0.15, 0.2) is 10.9 Å². The molecule has 0 saturated heterocycles. The molecule has 0 bridgehead atoms. The van der Waals surface area contributed by atoms with E-state index in [9.17, 15) is 13.2 Å². The third-order valence-corrected chi connectivity index (χ3v) is 7.63. The lowest BCUT2D eigenvalue weighted by molar-refractivity contribution is 0.102. The van der Waals surface area contributed by atoms with E-state index in [-0.39, 0.29) is 16.3 Å². The molecule has 11 heteroatoms. The molecular formula is C20H18ClN5O3S2. The molecule has 2 aromatic heterocycles. The number of aromatic nitrogens is 3. The number of carbonyl (C=O) groups excluding carboxylic acids is 1. The van der Waals surface area contributed by atoms with E-state index in [1.165, 1.54) is 41.4 Å². The average Bonchev–Trinajstić information content (AvgIpc) is 3.29. The Morgan fingerprint density at radius 1 is 1.19 bits per heavy atom. The fourth-order valence-electron chi connectivity index (χ4n) is 3.06. The summed E-state index contributed by atoms with van der Waals surface area (Å²) in [5.41, 5.74) is 1.76. The predicted octanol–water partition coefficient (Wildman–Crippen LogP) is 4.07. The number of thiazole rings is 1. The number of hydrogen-bond acceptors (Lipinski definition) is 6. The van der Waals surface area contributed by atoms with Crippen molar-refractivity contribution in [2.45, 2.75) is 11.8 Å². The van der Waals surface area contributed by atoms with Crippen molar-refractivity contribution in [1.82, 2.24) is 14.8 Å². The number of nitrogens with zero attached hydrogens (tertiary/aromatic N) is 4. The van der Waals surface area contributed by atoms with Crippen molar-refractivity contribution in [2.75, 3.05) is 16.7 Å². The summed E-state index contributed by atoms with van der Waals surface area (Å²) in [5, 5.41) is 7.77. The van der Waals surface area contributed by atoms with Gasteiger partial charge in [-0.2, -0.15) is 5.10 Å². The highest BCUT2D eigenvalue weighted by atomic mass is 35.5. The normalized spacial score (nSPS) is 11.6. The minimum absolute atomic E-state index is 0.109. The number of carbonyl (C=O) groups is 1. The zero-order chi connectivity index (χ0) is 22.3. The summed E-state index contributed by atoms with van der Waals surface area (Å²) < 4.78 is 29.4. The van der Waals surface area contributed by atoms with Crippen molar-refractivity contribution in [1.29, 1.82) is 0 Å². The van der Waals surface area contributed by atoms with E-state index in [4.69, 9.17) is 11.6 Å². The molecule has 2 heterocycles. The lowest BCUT2D eigenvalue weighted by Gasteiger charge is -2.20. The summed E-state index contributed by atoms with van der Waals surface area (Å²) >= 11 is 7.28. The summed E-state index contributed by atoms with van der Waals surface area (Å²) in [4.78, 5) is 17.5. The second-order valence-corrected chi connectivity index (χ2v) is 10.3. The second kappa shape index (κ2) is 7.95. The quantitative estimate of drug-likeness (QED) is 0.469. The Kier molecular flexibility index (Phi) is 5.46. The van der Waals surface area contributed by atoms with Crippen LogP contribution in [0.25, 0.3) is 10.2 Å². The van der Waals surface area contributed by atoms with Crippen LogP contribution in [0.5, 0.6) is 0 Å². The Bertz CT molecular complexity index is 1390. The molecule has 0 radical (unpaired) electrons. The lowest BCUT2D eigenvalue weighted by atomic mass is 10.2. The lowest BCUT2D eigenvalue weighted by Crippen LogP contribution is -2.30. The number of anilines is 2. The molecule has 1 amide bonds. The summed E-state index contributed by atoms with van der Waals surface area (Å²) in [6.45, 7) is 1.87. The van der Waals surface area contributed by atoms with Gasteiger partial charge < -0.3 is 0 Å². The van der Waals surface area contributed by atoms with Crippen LogP contribution in [0.4, 0.5) is 10.9 Å². The highest BCUT2D eigenvalue weighted by Crippen LogP contribution is 2.30. The number of sulfonamides is 1. The first-order valence-electron chi connectivity index (χ1n) is 9.12. The van der Waals surface area contributed by atoms with Crippen molar-refractivity contribution in [3.63, 3.8) is 0 Å². The highest BCUT2D eigenvalue weighted by Gasteiger charge is 2.29. The third-order valence-electron chi connectivity index (χ3n) is 4.70. The first-order valence-corrected chi connectivity index (χ1v) is 11.8. The van der Waals surface area contributed by atoms with Crippen LogP contribution in [0, 0.1) is 6.92 Å². The van der Waals surface area contributed by atoms with Crippen LogP contribution >= 0.6 is 22.9 Å². The van der Waals surface area contributed by atoms with Crippen LogP contribution in [0.15, 0.2) is 53.6 Å². The van der Waals surface area contributed by atoms with Crippen LogP contribution in [0.3, 0.4) is 0 Å². The van der Waals surface area contributed by atoms with E-state index in [0.717, 1.165) is 14.6 Å². The number of benzene rings is 2. The van der Waals surface area contributed by atoms with Gasteiger partial charge in [0.2, 0.25) is 0 Å². The smallest absolute Gasteiger partial charge is 0.265 e. The van der Waals surface area contributed by atoms with Gasteiger partial charge in [0.1, 0.15) is 5.56 Å². The van der Waals surface area contributed by atoms with Gasteiger partial charge in [-0.3, -0.25) is 19.1 Å². The number of fused-ring (bicyclic) bond motifs is 1. The first kappa shape index (κ1) is 21.3. The number of hydrogen-bond donors (Lipinski definition) is 1. The van der Waals surface area contributed by atoms with Gasteiger partial charge >= 0.3 is 0 Å². The molecule has 4 aromatic rings. The van der Waals surface area contributed by atoms with E-state index in [2.05, 4.69) is 15.4 Å². The Labute approximate surface area is 188 Å². The fourth-order valence-corrected chi connectivity index (χ4v) is 5.44. The number of aryl methyl sites for hydroxylation is 2. The topological polar surface area (TPSA) is 97.2 Å². The minimum atomic E-state index is -3.89. The average molecular weight is 476 g/mol. The fraction of sp³-hybridized carbons (Fsp3) is 0.150. The number of halogens is 1. The molecule has 8 nitrogen and oxygen atoms in total. The Morgan fingerprint density at radius 2 is 1.90 bits per heavy atom. The molecule has 0 aliphatic rings. The molecule has 31 heavy (non-hydrogen) atoms. The molecule has 0 atom stereocenters. The van der Waals surface area contributed by atoms with Crippen LogP contribution in [0.2, 0.25) is 5.02 Å².